The SMILES string of the molecule is CC(C)Cc1c(F)c2c(c3c1sc1c(-c4[c-]c5ccccc5c(C(C)(C)C)c4)nccc13)C(C)(C)CCC2(C)C.CCC(CC)C(=O)/C=C(\O)C(CC)CC.[Ir]. The van der Waals surface area contributed by atoms with Crippen LogP contribution in [0.25, 0.3) is 42.2 Å². The molecule has 56 heavy (non-hydrogen) atoms. The van der Waals surface area contributed by atoms with Crippen LogP contribution < -0.4 is 0 Å². The minimum Gasteiger partial charge on any atom is -0.512 e. The van der Waals surface area contributed by atoms with Crippen LogP contribution in [0.15, 0.2) is 54.4 Å². The molecule has 1 radical (unpaired) electrons. The quantitative estimate of drug-likeness (QED) is 0.0862. The topological polar surface area (TPSA) is 50.2 Å². The van der Waals surface area contributed by atoms with Gasteiger partial charge in [0.05, 0.1) is 5.76 Å². The summed E-state index contributed by atoms with van der Waals surface area (Å²) >= 11 is 1.74. The molecule has 0 amide bonds. The first-order chi connectivity index (χ1) is 25.8. The number of rotatable bonds is 10. The first-order valence-electron chi connectivity index (χ1n) is 20.8. The average molecular weight is 955 g/mol. The van der Waals surface area contributed by atoms with Crippen molar-refractivity contribution in [3.05, 3.63) is 88.6 Å². The Kier molecular flexibility index (Phi) is 14.6. The standard InChI is InChI=1S/C37H41FNS.C13H24O2.Ir/c1-21(2)18-26-31(38)30-29(36(6,7)15-16-37(30,8)9)28-25-14-17-39-32(34(25)40-33(26)28)23-19-22-12-10-11-13-24(22)27(20-23)35(3,4)5;1-5-10(6-2)12(14)9-13(15)11(7-3)8-4;/h10-14,17,20-21H,15-16,18H2,1-9H3;9-11,14H,5-8H2,1-4H3;/q-1;;/b;12-9-;. The first-order valence-corrected chi connectivity index (χ1v) is 21.6. The number of carbonyl (C=O) groups is 1. The Bertz CT molecular complexity index is 2210. The molecule has 1 aliphatic carbocycles. The number of fused-ring (bicyclic) bond motifs is 6. The fourth-order valence-corrected chi connectivity index (χ4v) is 10.1. The summed E-state index contributed by atoms with van der Waals surface area (Å²) in [4.78, 5) is 16.7. The van der Waals surface area contributed by atoms with Gasteiger partial charge in [-0.3, -0.25) is 9.78 Å². The second-order valence-electron chi connectivity index (χ2n) is 18.6. The van der Waals surface area contributed by atoms with Crippen LogP contribution in [0, 0.1) is 29.6 Å². The van der Waals surface area contributed by atoms with Crippen LogP contribution in [0.4, 0.5) is 4.39 Å². The van der Waals surface area contributed by atoms with E-state index in [-0.39, 0.29) is 65.5 Å². The molecule has 3 aromatic carbocycles. The number of aromatic nitrogens is 1. The number of benzene rings is 3. The summed E-state index contributed by atoms with van der Waals surface area (Å²) in [6.07, 6.45) is 9.63. The number of carbonyl (C=O) groups excluding carboxylic acids is 1. The zero-order valence-corrected chi connectivity index (χ0v) is 39.4. The fourth-order valence-electron chi connectivity index (χ4n) is 8.70. The van der Waals surface area contributed by atoms with Crippen LogP contribution in [0.2, 0.25) is 0 Å². The van der Waals surface area contributed by atoms with E-state index < -0.39 is 0 Å². The van der Waals surface area contributed by atoms with E-state index in [9.17, 15) is 9.90 Å². The Morgan fingerprint density at radius 2 is 1.50 bits per heavy atom. The van der Waals surface area contributed by atoms with Crippen molar-refractivity contribution in [3.8, 4) is 11.3 Å². The van der Waals surface area contributed by atoms with Crippen molar-refractivity contribution < 1.29 is 34.4 Å². The van der Waals surface area contributed by atoms with Gasteiger partial charge in [-0.05, 0) is 89.7 Å². The fraction of sp³-hybridized carbons (Fsp3) is 0.520. The molecule has 5 aromatic rings. The third kappa shape index (κ3) is 9.03. The van der Waals surface area contributed by atoms with Crippen molar-refractivity contribution in [1.82, 2.24) is 4.98 Å². The molecule has 3 nitrogen and oxygen atoms in total. The van der Waals surface area contributed by atoms with Crippen LogP contribution in [-0.4, -0.2) is 15.9 Å². The zero-order valence-electron chi connectivity index (χ0n) is 36.2. The largest absolute Gasteiger partial charge is 0.512 e. The predicted octanol–water partition coefficient (Wildman–Crippen LogP) is 14.9. The molecule has 1 aliphatic rings. The molecule has 0 spiro atoms. The molecular weight excluding hydrogens is 890 g/mol. The molecule has 0 saturated carbocycles. The number of aliphatic hydroxyl groups is 1. The van der Waals surface area contributed by atoms with Gasteiger partial charge in [0.1, 0.15) is 5.82 Å². The number of halogens is 1. The van der Waals surface area contributed by atoms with Crippen LogP contribution in [0.1, 0.15) is 151 Å². The number of nitrogens with zero attached hydrogens (tertiary/aromatic N) is 1. The molecule has 0 atom stereocenters. The molecule has 2 heterocycles. The minimum absolute atomic E-state index is 0. The maximum absolute atomic E-state index is 16.8. The molecule has 2 aromatic heterocycles. The zero-order chi connectivity index (χ0) is 40.6. The molecule has 0 bridgehead atoms. The average Bonchev–Trinajstić information content (AvgIpc) is 3.51. The van der Waals surface area contributed by atoms with Gasteiger partial charge in [-0.15, -0.1) is 40.5 Å². The maximum atomic E-state index is 16.8. The second-order valence-corrected chi connectivity index (χ2v) is 19.7. The molecule has 0 aliphatic heterocycles. The van der Waals surface area contributed by atoms with Gasteiger partial charge in [0.15, 0.2) is 5.78 Å². The van der Waals surface area contributed by atoms with Gasteiger partial charge < -0.3 is 5.11 Å². The summed E-state index contributed by atoms with van der Waals surface area (Å²) in [7, 11) is 0. The molecule has 0 unspecified atom stereocenters. The van der Waals surface area contributed by atoms with Crippen molar-refractivity contribution in [1.29, 1.82) is 0 Å². The van der Waals surface area contributed by atoms with E-state index >= 15 is 4.39 Å². The van der Waals surface area contributed by atoms with E-state index in [4.69, 9.17) is 4.98 Å². The third-order valence-electron chi connectivity index (χ3n) is 12.1. The molecule has 6 heteroatoms. The summed E-state index contributed by atoms with van der Waals surface area (Å²) in [6, 6.07) is 16.7. The number of allylic oxidation sites excluding steroid dienone is 2. The summed E-state index contributed by atoms with van der Waals surface area (Å²) in [6.45, 7) is 28.3. The maximum Gasteiger partial charge on any atom is 0.162 e. The van der Waals surface area contributed by atoms with Crippen molar-refractivity contribution >= 4 is 48.1 Å². The van der Waals surface area contributed by atoms with Crippen molar-refractivity contribution in [2.45, 2.75) is 151 Å². The van der Waals surface area contributed by atoms with Crippen LogP contribution in [0.5, 0.6) is 0 Å². The smallest absolute Gasteiger partial charge is 0.162 e. The molecule has 0 saturated heterocycles. The minimum atomic E-state index is -0.202. The van der Waals surface area contributed by atoms with Crippen LogP contribution in [-0.2, 0) is 47.6 Å². The summed E-state index contributed by atoms with van der Waals surface area (Å²) < 4.78 is 19.0. The molecule has 0 fully saturated rings. The van der Waals surface area contributed by atoms with Gasteiger partial charge in [0.2, 0.25) is 0 Å². The van der Waals surface area contributed by atoms with Crippen molar-refractivity contribution in [3.63, 3.8) is 0 Å². The molecule has 1 N–H and O–H groups in total. The summed E-state index contributed by atoms with van der Waals surface area (Å²) in [5, 5.41) is 14.6. The van der Waals surface area contributed by atoms with E-state index in [2.05, 4.69) is 105 Å². The van der Waals surface area contributed by atoms with Crippen molar-refractivity contribution in [2.75, 3.05) is 0 Å². The Hall–Kier alpha value is -2.92. The van der Waals surface area contributed by atoms with E-state index in [0.717, 1.165) is 82.1 Å². The molecular formula is C50H65FIrNO2S-. The van der Waals surface area contributed by atoms with E-state index in [0.29, 0.717) is 5.92 Å². The normalized spacial score (nSPS) is 15.3. The first kappa shape index (κ1) is 45.8. The second kappa shape index (κ2) is 17.9. The van der Waals surface area contributed by atoms with Gasteiger partial charge in [-0.2, -0.15) is 0 Å². The Morgan fingerprint density at radius 3 is 2.07 bits per heavy atom. The number of pyridine rings is 1. The third-order valence-corrected chi connectivity index (χ3v) is 13.4. The number of aliphatic hydroxyl groups excluding tert-OH is 1. The van der Waals surface area contributed by atoms with E-state index in [1.807, 2.05) is 33.9 Å². The van der Waals surface area contributed by atoms with Gasteiger partial charge in [0.25, 0.3) is 0 Å². The Labute approximate surface area is 354 Å². The Balaban J connectivity index is 0.000000372. The van der Waals surface area contributed by atoms with Crippen molar-refractivity contribution in [2.24, 2.45) is 17.8 Å². The van der Waals surface area contributed by atoms with Gasteiger partial charge >= 0.3 is 0 Å². The molecule has 305 valence electrons. The van der Waals surface area contributed by atoms with E-state index in [1.165, 1.54) is 33.4 Å². The summed E-state index contributed by atoms with van der Waals surface area (Å²) in [5.41, 5.74) is 5.97. The van der Waals surface area contributed by atoms with Crippen LogP contribution in [0.3, 0.4) is 0 Å². The number of thiophene rings is 1. The number of ketones is 1. The van der Waals surface area contributed by atoms with Gasteiger partial charge in [0, 0.05) is 70.3 Å². The molecule has 6 rings (SSSR count). The number of hydrogen-bond acceptors (Lipinski definition) is 4. The van der Waals surface area contributed by atoms with E-state index in [1.54, 1.807) is 11.3 Å². The summed E-state index contributed by atoms with van der Waals surface area (Å²) in [5.74, 6) is 0.940. The predicted molar refractivity (Wildman–Crippen MR) is 235 cm³/mol. The van der Waals surface area contributed by atoms with Gasteiger partial charge in [-0.1, -0.05) is 119 Å². The van der Waals surface area contributed by atoms with Gasteiger partial charge in [-0.25, -0.2) is 4.39 Å². The Morgan fingerprint density at radius 1 is 0.911 bits per heavy atom. The van der Waals surface area contributed by atoms with Crippen LogP contribution >= 0.6 is 11.3 Å². The monoisotopic (exact) mass is 955 g/mol. The number of hydrogen-bond donors (Lipinski definition) is 1.